The quantitative estimate of drug-likeness (QED) is 0.0262. The Bertz CT molecular complexity index is 1240. The van der Waals surface area contributed by atoms with Gasteiger partial charge in [-0.2, -0.15) is 0 Å². The van der Waals surface area contributed by atoms with Crippen LogP contribution in [-0.4, -0.2) is 37.2 Å². The summed E-state index contributed by atoms with van der Waals surface area (Å²) in [6, 6.07) is 0. The molecule has 1 unspecified atom stereocenters. The van der Waals surface area contributed by atoms with Crippen LogP contribution in [0.5, 0.6) is 0 Å². The van der Waals surface area contributed by atoms with E-state index in [1.807, 2.05) is 0 Å². The van der Waals surface area contributed by atoms with E-state index in [1.165, 1.54) is 77.0 Å². The van der Waals surface area contributed by atoms with Gasteiger partial charge in [0.2, 0.25) is 0 Å². The second kappa shape index (κ2) is 51.2. The lowest BCUT2D eigenvalue weighted by molar-refractivity contribution is -0.167. The van der Waals surface area contributed by atoms with E-state index in [9.17, 15) is 14.4 Å². The van der Waals surface area contributed by atoms with Crippen LogP contribution in [0.25, 0.3) is 0 Å². The van der Waals surface area contributed by atoms with Gasteiger partial charge >= 0.3 is 17.9 Å². The van der Waals surface area contributed by atoms with Gasteiger partial charge in [0, 0.05) is 19.3 Å². The number of unbranched alkanes of at least 4 members (excludes halogenated alkanes) is 21. The molecule has 0 aromatic rings. The summed E-state index contributed by atoms with van der Waals surface area (Å²) in [6.45, 7) is 6.40. The van der Waals surface area contributed by atoms with Crippen LogP contribution < -0.4 is 0 Å². The van der Waals surface area contributed by atoms with Crippen molar-refractivity contribution in [1.29, 1.82) is 0 Å². The molecule has 0 aliphatic heterocycles. The number of hydrogen-bond donors (Lipinski definition) is 0. The highest BCUT2D eigenvalue weighted by molar-refractivity contribution is 5.71. The lowest BCUT2D eigenvalue weighted by Crippen LogP contribution is -2.30. The molecule has 0 N–H and O–H groups in total. The molecule has 0 aliphatic carbocycles. The van der Waals surface area contributed by atoms with Crippen molar-refractivity contribution in [2.24, 2.45) is 0 Å². The summed E-state index contributed by atoms with van der Waals surface area (Å²) >= 11 is 0. The molecule has 0 spiro atoms. The number of esters is 3. The smallest absolute Gasteiger partial charge is 0.306 e. The lowest BCUT2D eigenvalue weighted by atomic mass is 10.1. The molecule has 0 saturated heterocycles. The van der Waals surface area contributed by atoms with Crippen LogP contribution in [0.2, 0.25) is 0 Å². The van der Waals surface area contributed by atoms with E-state index in [0.29, 0.717) is 19.3 Å². The van der Waals surface area contributed by atoms with Crippen LogP contribution >= 0.6 is 0 Å². The monoisotopic (exact) mass is 877 g/mol. The molecule has 0 bridgehead atoms. The first-order valence-electron chi connectivity index (χ1n) is 26.1. The average molecular weight is 877 g/mol. The minimum absolute atomic E-state index is 0.0830. The van der Waals surface area contributed by atoms with E-state index in [-0.39, 0.29) is 31.1 Å². The molecule has 0 heterocycles. The second-order valence-corrected chi connectivity index (χ2v) is 17.1. The number of carbonyl (C=O) groups excluding carboxylic acids is 3. The molecule has 1 atom stereocenters. The third-order valence-corrected chi connectivity index (χ3v) is 10.9. The van der Waals surface area contributed by atoms with Crippen LogP contribution in [0.4, 0.5) is 0 Å². The number of hydrogen-bond acceptors (Lipinski definition) is 6. The maximum atomic E-state index is 12.7. The van der Waals surface area contributed by atoms with Crippen molar-refractivity contribution in [2.45, 2.75) is 245 Å². The van der Waals surface area contributed by atoms with Crippen molar-refractivity contribution in [2.75, 3.05) is 13.2 Å². The second-order valence-electron chi connectivity index (χ2n) is 17.1. The fourth-order valence-corrected chi connectivity index (χ4v) is 6.97. The third-order valence-electron chi connectivity index (χ3n) is 10.9. The average Bonchev–Trinajstić information content (AvgIpc) is 3.28. The Labute approximate surface area is 388 Å². The molecule has 0 rings (SSSR count). The SMILES string of the molecule is CC/C=C\C/C=C\C/C=C\C/C=C\C/C=C\C/C=C\CCCCCCCCCCC(=O)OCC(COC(=O)CCCCCCC)OC(=O)CCCCCCC/C=C\CCCCCC. The molecule has 0 fully saturated rings. The highest BCUT2D eigenvalue weighted by Gasteiger charge is 2.19. The summed E-state index contributed by atoms with van der Waals surface area (Å²) in [5.41, 5.74) is 0. The molecule has 0 amide bonds. The normalized spacial score (nSPS) is 12.7. The Morgan fingerprint density at radius 2 is 0.619 bits per heavy atom. The molecular weight excluding hydrogens is 781 g/mol. The van der Waals surface area contributed by atoms with E-state index < -0.39 is 6.10 Å². The molecular formula is C57H96O6. The van der Waals surface area contributed by atoms with E-state index in [4.69, 9.17) is 14.2 Å². The summed E-state index contributed by atoms with van der Waals surface area (Å²) in [6.07, 6.45) is 66.1. The number of allylic oxidation sites excluding steroid dienone is 14. The van der Waals surface area contributed by atoms with Crippen LogP contribution in [0.3, 0.4) is 0 Å². The summed E-state index contributed by atoms with van der Waals surface area (Å²) in [5, 5.41) is 0. The summed E-state index contributed by atoms with van der Waals surface area (Å²) in [4.78, 5) is 37.6. The van der Waals surface area contributed by atoms with Gasteiger partial charge < -0.3 is 14.2 Å². The third kappa shape index (κ3) is 49.5. The largest absolute Gasteiger partial charge is 0.462 e. The maximum Gasteiger partial charge on any atom is 0.306 e. The van der Waals surface area contributed by atoms with Crippen molar-refractivity contribution in [3.63, 3.8) is 0 Å². The summed E-state index contributed by atoms with van der Waals surface area (Å²) in [5.74, 6) is -0.916. The van der Waals surface area contributed by atoms with Crippen LogP contribution in [0.15, 0.2) is 85.1 Å². The topological polar surface area (TPSA) is 78.9 Å². The molecule has 0 aromatic carbocycles. The highest BCUT2D eigenvalue weighted by Crippen LogP contribution is 2.14. The molecule has 0 aromatic heterocycles. The van der Waals surface area contributed by atoms with Gasteiger partial charge in [-0.1, -0.05) is 209 Å². The molecule has 6 heteroatoms. The van der Waals surface area contributed by atoms with Gasteiger partial charge in [-0.3, -0.25) is 14.4 Å². The van der Waals surface area contributed by atoms with E-state index in [1.54, 1.807) is 0 Å². The van der Waals surface area contributed by atoms with Gasteiger partial charge in [-0.05, 0) is 96.3 Å². The summed E-state index contributed by atoms with van der Waals surface area (Å²) in [7, 11) is 0. The zero-order valence-corrected chi connectivity index (χ0v) is 41.1. The zero-order chi connectivity index (χ0) is 45.8. The van der Waals surface area contributed by atoms with Gasteiger partial charge in [0.1, 0.15) is 13.2 Å². The molecule has 63 heavy (non-hydrogen) atoms. The number of ether oxygens (including phenoxy) is 3. The maximum absolute atomic E-state index is 12.7. The lowest BCUT2D eigenvalue weighted by Gasteiger charge is -2.18. The minimum Gasteiger partial charge on any atom is -0.462 e. The molecule has 0 saturated carbocycles. The molecule has 360 valence electrons. The van der Waals surface area contributed by atoms with E-state index in [0.717, 1.165) is 122 Å². The number of carbonyl (C=O) groups is 3. The van der Waals surface area contributed by atoms with E-state index in [2.05, 4.69) is 106 Å². The first-order chi connectivity index (χ1) is 31.0. The Kier molecular flexibility index (Phi) is 48.5. The van der Waals surface area contributed by atoms with Gasteiger partial charge in [-0.15, -0.1) is 0 Å². The number of rotatable bonds is 46. The fraction of sp³-hybridized carbons (Fsp3) is 0.702. The zero-order valence-electron chi connectivity index (χ0n) is 41.1. The van der Waals surface area contributed by atoms with E-state index >= 15 is 0 Å². The van der Waals surface area contributed by atoms with Gasteiger partial charge in [0.25, 0.3) is 0 Å². The van der Waals surface area contributed by atoms with Crippen molar-refractivity contribution < 1.29 is 28.6 Å². The molecule has 6 nitrogen and oxygen atoms in total. The highest BCUT2D eigenvalue weighted by atomic mass is 16.6. The Balaban J connectivity index is 4.12. The van der Waals surface area contributed by atoms with Gasteiger partial charge in [-0.25, -0.2) is 0 Å². The van der Waals surface area contributed by atoms with Crippen molar-refractivity contribution >= 4 is 17.9 Å². The predicted molar refractivity (Wildman–Crippen MR) is 270 cm³/mol. The predicted octanol–water partition coefficient (Wildman–Crippen LogP) is 17.2. The summed E-state index contributed by atoms with van der Waals surface area (Å²) < 4.78 is 16.6. The molecule has 0 aliphatic rings. The van der Waals surface area contributed by atoms with Gasteiger partial charge in [0.15, 0.2) is 6.10 Å². The Morgan fingerprint density at radius 1 is 0.333 bits per heavy atom. The fourth-order valence-electron chi connectivity index (χ4n) is 6.97. The minimum atomic E-state index is -0.779. The molecule has 0 radical (unpaired) electrons. The Morgan fingerprint density at radius 3 is 1.00 bits per heavy atom. The van der Waals surface area contributed by atoms with Crippen molar-refractivity contribution in [3.8, 4) is 0 Å². The standard InChI is InChI=1S/C57H96O6/c1-4-7-10-13-15-17-19-21-22-23-24-25-26-27-28-29-30-31-32-33-34-36-37-39-41-44-47-50-56(59)62-53-54(52-61-55(58)49-46-43-12-9-6-3)63-57(60)51-48-45-42-40-38-35-20-18-16-14-11-8-5-2/h7,10,15,17-18,20-22,24-25,27-28,30-31,54H,4-6,8-9,11-14,16,19,23,26,29,32-53H2,1-3H3/b10-7-,17-15-,20-18-,22-21-,25-24-,28-27-,31-30-. The van der Waals surface area contributed by atoms with Crippen molar-refractivity contribution in [1.82, 2.24) is 0 Å². The van der Waals surface area contributed by atoms with Gasteiger partial charge in [0.05, 0.1) is 0 Å². The van der Waals surface area contributed by atoms with Crippen LogP contribution in [0.1, 0.15) is 239 Å². The Hall–Kier alpha value is -3.41. The van der Waals surface area contributed by atoms with Crippen LogP contribution in [0, 0.1) is 0 Å². The van der Waals surface area contributed by atoms with Crippen molar-refractivity contribution in [3.05, 3.63) is 85.1 Å². The van der Waals surface area contributed by atoms with Crippen LogP contribution in [-0.2, 0) is 28.6 Å². The first-order valence-corrected chi connectivity index (χ1v) is 26.1. The first kappa shape index (κ1) is 59.6.